The number of benzene rings is 1. The average Bonchev–Trinajstić information content (AvgIpc) is 2.97. The highest BCUT2D eigenvalue weighted by Gasteiger charge is 2.51. The minimum absolute atomic E-state index is 0.0590. The fourth-order valence-electron chi connectivity index (χ4n) is 5.16. The van der Waals surface area contributed by atoms with Crippen LogP contribution in [0.25, 0.3) is 0 Å². The van der Waals surface area contributed by atoms with Crippen molar-refractivity contribution in [3.8, 4) is 0 Å². The zero-order valence-corrected chi connectivity index (χ0v) is 17.7. The standard InChI is InChI=1S/C21H30ClNO3S/c1-16(12-23-8-7-21(13-23)14-27(24,25)15-21)10-17-5-6-18(19(22)11-17)20-4-2-3-9-26-20/h5-6,11,16,20H,2-4,7-10,12-15H2,1H3/t16-,20?/m1/s1. The van der Waals surface area contributed by atoms with Gasteiger partial charge in [0.15, 0.2) is 9.84 Å². The summed E-state index contributed by atoms with van der Waals surface area (Å²) in [5, 5.41) is 0.825. The molecule has 0 N–H and O–H groups in total. The number of hydrogen-bond acceptors (Lipinski definition) is 4. The highest BCUT2D eigenvalue weighted by atomic mass is 35.5. The van der Waals surface area contributed by atoms with Gasteiger partial charge in [-0.1, -0.05) is 30.7 Å². The molecule has 1 spiro atoms. The molecule has 150 valence electrons. The lowest BCUT2D eigenvalue weighted by Gasteiger charge is -2.37. The van der Waals surface area contributed by atoms with Crippen molar-refractivity contribution in [2.75, 3.05) is 37.7 Å². The Kier molecular flexibility index (Phi) is 5.58. The molecule has 2 atom stereocenters. The summed E-state index contributed by atoms with van der Waals surface area (Å²) in [7, 11) is -2.74. The number of sulfone groups is 1. The van der Waals surface area contributed by atoms with Gasteiger partial charge in [-0.05, 0) is 61.8 Å². The lowest BCUT2D eigenvalue weighted by atomic mass is 9.91. The SMILES string of the molecule is C[C@H](Cc1ccc(C2CCCCO2)c(Cl)c1)CN1CCC2(C1)CS(=O)(=O)C2. The van der Waals surface area contributed by atoms with Crippen LogP contribution in [0, 0.1) is 11.3 Å². The second-order valence-corrected chi connectivity index (χ2v) is 11.5. The van der Waals surface area contributed by atoms with E-state index in [1.165, 1.54) is 12.0 Å². The Morgan fingerprint density at radius 2 is 2.15 bits per heavy atom. The monoisotopic (exact) mass is 411 g/mol. The summed E-state index contributed by atoms with van der Waals surface area (Å²) in [6.07, 6.45) is 5.58. The van der Waals surface area contributed by atoms with E-state index in [4.69, 9.17) is 16.3 Å². The van der Waals surface area contributed by atoms with Crippen LogP contribution in [0.4, 0.5) is 0 Å². The molecule has 6 heteroatoms. The zero-order valence-electron chi connectivity index (χ0n) is 16.1. The van der Waals surface area contributed by atoms with Gasteiger partial charge in [-0.3, -0.25) is 0 Å². The first-order valence-electron chi connectivity index (χ1n) is 10.2. The molecule has 3 heterocycles. The number of nitrogens with zero attached hydrogens (tertiary/aromatic N) is 1. The van der Waals surface area contributed by atoms with Gasteiger partial charge in [0.1, 0.15) is 0 Å². The van der Waals surface area contributed by atoms with Crippen LogP contribution < -0.4 is 0 Å². The molecule has 0 saturated carbocycles. The van der Waals surface area contributed by atoms with Gasteiger partial charge in [0.25, 0.3) is 0 Å². The van der Waals surface area contributed by atoms with E-state index in [0.29, 0.717) is 17.4 Å². The quantitative estimate of drug-likeness (QED) is 0.737. The predicted octanol–water partition coefficient (Wildman–Crippen LogP) is 3.88. The number of likely N-dealkylation sites (tertiary alicyclic amines) is 1. The summed E-state index contributed by atoms with van der Waals surface area (Å²) < 4.78 is 29.0. The van der Waals surface area contributed by atoms with E-state index >= 15 is 0 Å². The van der Waals surface area contributed by atoms with Crippen molar-refractivity contribution >= 4 is 21.4 Å². The molecule has 0 radical (unpaired) electrons. The largest absolute Gasteiger partial charge is 0.373 e. The van der Waals surface area contributed by atoms with Gasteiger partial charge in [0.05, 0.1) is 17.6 Å². The number of halogens is 1. The Morgan fingerprint density at radius 3 is 2.81 bits per heavy atom. The van der Waals surface area contributed by atoms with E-state index in [2.05, 4.69) is 30.0 Å². The molecular formula is C21H30ClNO3S. The first-order valence-corrected chi connectivity index (χ1v) is 12.4. The molecule has 4 rings (SSSR count). The van der Waals surface area contributed by atoms with Gasteiger partial charge in [0.2, 0.25) is 0 Å². The maximum Gasteiger partial charge on any atom is 0.151 e. The molecule has 3 aliphatic heterocycles. The van der Waals surface area contributed by atoms with Crippen LogP contribution >= 0.6 is 11.6 Å². The third-order valence-corrected chi connectivity index (χ3v) is 8.75. The Hall–Kier alpha value is -0.620. The number of ether oxygens (including phenoxy) is 1. The van der Waals surface area contributed by atoms with Gasteiger partial charge >= 0.3 is 0 Å². The van der Waals surface area contributed by atoms with Crippen LogP contribution in [0.1, 0.15) is 49.8 Å². The lowest BCUT2D eigenvalue weighted by Crippen LogP contribution is -2.50. The van der Waals surface area contributed by atoms with E-state index in [1.54, 1.807) is 0 Å². The van der Waals surface area contributed by atoms with E-state index in [9.17, 15) is 8.42 Å². The van der Waals surface area contributed by atoms with Crippen molar-refractivity contribution in [1.29, 1.82) is 0 Å². The highest BCUT2D eigenvalue weighted by Crippen LogP contribution is 2.41. The predicted molar refractivity (Wildman–Crippen MR) is 109 cm³/mol. The number of hydrogen-bond donors (Lipinski definition) is 0. The fraction of sp³-hybridized carbons (Fsp3) is 0.714. The van der Waals surface area contributed by atoms with Crippen molar-refractivity contribution in [3.05, 3.63) is 34.3 Å². The van der Waals surface area contributed by atoms with Crippen LogP contribution in [0.15, 0.2) is 18.2 Å². The van der Waals surface area contributed by atoms with E-state index in [0.717, 1.165) is 62.5 Å². The summed E-state index contributed by atoms with van der Waals surface area (Å²) in [6.45, 7) is 6.09. The van der Waals surface area contributed by atoms with Crippen molar-refractivity contribution in [2.24, 2.45) is 11.3 Å². The highest BCUT2D eigenvalue weighted by molar-refractivity contribution is 7.92. The van der Waals surface area contributed by atoms with Crippen LogP contribution in [0.2, 0.25) is 5.02 Å². The Balaban J connectivity index is 1.31. The molecule has 4 nitrogen and oxygen atoms in total. The Labute approximate surface area is 168 Å². The van der Waals surface area contributed by atoms with Gasteiger partial charge in [-0.2, -0.15) is 0 Å². The van der Waals surface area contributed by atoms with Gasteiger partial charge in [-0.25, -0.2) is 8.42 Å². The van der Waals surface area contributed by atoms with Crippen LogP contribution in [0.5, 0.6) is 0 Å². The third-order valence-electron chi connectivity index (χ3n) is 6.32. The molecule has 0 aliphatic carbocycles. The molecule has 27 heavy (non-hydrogen) atoms. The summed E-state index contributed by atoms with van der Waals surface area (Å²) in [5.41, 5.74) is 2.45. The summed E-state index contributed by atoms with van der Waals surface area (Å²) in [6, 6.07) is 6.44. The minimum atomic E-state index is -2.74. The molecule has 1 aromatic rings. The molecule has 1 aromatic carbocycles. The van der Waals surface area contributed by atoms with Crippen molar-refractivity contribution < 1.29 is 13.2 Å². The summed E-state index contributed by atoms with van der Waals surface area (Å²) >= 11 is 6.56. The lowest BCUT2D eigenvalue weighted by molar-refractivity contribution is 0.0150. The Bertz CT molecular complexity index is 777. The zero-order chi connectivity index (χ0) is 19.1. The first kappa shape index (κ1) is 19.7. The van der Waals surface area contributed by atoms with Crippen LogP contribution in [-0.2, 0) is 21.0 Å². The van der Waals surface area contributed by atoms with Crippen LogP contribution in [0.3, 0.4) is 0 Å². The minimum Gasteiger partial charge on any atom is -0.373 e. The second kappa shape index (κ2) is 7.66. The molecule has 0 aromatic heterocycles. The first-order chi connectivity index (χ1) is 12.8. The van der Waals surface area contributed by atoms with Gasteiger partial charge < -0.3 is 9.64 Å². The topological polar surface area (TPSA) is 46.6 Å². The van der Waals surface area contributed by atoms with E-state index < -0.39 is 9.84 Å². The van der Waals surface area contributed by atoms with E-state index in [-0.39, 0.29) is 11.5 Å². The van der Waals surface area contributed by atoms with Crippen molar-refractivity contribution in [3.63, 3.8) is 0 Å². The molecule has 3 fully saturated rings. The summed E-state index contributed by atoms with van der Waals surface area (Å²) in [4.78, 5) is 2.45. The average molecular weight is 412 g/mol. The van der Waals surface area contributed by atoms with Crippen molar-refractivity contribution in [1.82, 2.24) is 4.90 Å². The molecular weight excluding hydrogens is 382 g/mol. The fourth-order valence-corrected chi connectivity index (χ4v) is 7.74. The molecule has 3 saturated heterocycles. The second-order valence-electron chi connectivity index (χ2n) is 9.04. The maximum atomic E-state index is 11.6. The Morgan fingerprint density at radius 1 is 1.33 bits per heavy atom. The van der Waals surface area contributed by atoms with Gasteiger partial charge in [-0.15, -0.1) is 0 Å². The van der Waals surface area contributed by atoms with Crippen molar-refractivity contribution in [2.45, 2.75) is 45.1 Å². The third kappa shape index (κ3) is 4.52. The smallest absolute Gasteiger partial charge is 0.151 e. The molecule has 0 bridgehead atoms. The molecule has 1 unspecified atom stereocenters. The number of rotatable bonds is 5. The van der Waals surface area contributed by atoms with E-state index in [1.807, 2.05) is 0 Å². The summed E-state index contributed by atoms with van der Waals surface area (Å²) in [5.74, 6) is 1.31. The molecule has 3 aliphatic rings. The van der Waals surface area contributed by atoms with Crippen LogP contribution in [-0.4, -0.2) is 51.1 Å². The maximum absolute atomic E-state index is 11.6. The van der Waals surface area contributed by atoms with Gasteiger partial charge in [0, 0.05) is 30.1 Å². The normalized spacial score (nSPS) is 28.1. The molecule has 0 amide bonds.